The number of hydrogen-bond acceptors (Lipinski definition) is 6. The minimum atomic E-state index is -0.388. The number of oxime groups is 1. The highest BCUT2D eigenvalue weighted by Crippen LogP contribution is 2.36. The first kappa shape index (κ1) is 21.7. The quantitative estimate of drug-likeness (QED) is 0.250. The highest BCUT2D eigenvalue weighted by molar-refractivity contribution is 6.37. The van der Waals surface area contributed by atoms with Crippen LogP contribution in [0.2, 0.25) is 0 Å². The Bertz CT molecular complexity index is 779. The van der Waals surface area contributed by atoms with Crippen molar-refractivity contribution in [2.75, 3.05) is 14.2 Å². The zero-order valence-electron chi connectivity index (χ0n) is 16.9. The second kappa shape index (κ2) is 10.6. The fraction of sp³-hybridized carbons (Fsp3) is 0.500. The molecule has 6 nitrogen and oxygen atoms in total. The average molecular weight is 387 g/mol. The summed E-state index contributed by atoms with van der Waals surface area (Å²) in [6, 6.07) is 3.19. The van der Waals surface area contributed by atoms with Crippen LogP contribution in [0.25, 0.3) is 0 Å². The van der Waals surface area contributed by atoms with Crippen LogP contribution in [0, 0.1) is 0 Å². The summed E-state index contributed by atoms with van der Waals surface area (Å²) < 4.78 is 10.5. The first-order valence-corrected chi connectivity index (χ1v) is 9.86. The lowest BCUT2D eigenvalue weighted by Crippen LogP contribution is -2.23. The number of methoxy groups -OCH3 is 2. The molecule has 0 unspecified atom stereocenters. The molecule has 6 heteroatoms. The van der Waals surface area contributed by atoms with Gasteiger partial charge in [0.15, 0.2) is 11.6 Å². The highest BCUT2D eigenvalue weighted by atomic mass is 16.5. The van der Waals surface area contributed by atoms with Crippen LogP contribution in [0.3, 0.4) is 0 Å². The zero-order valence-corrected chi connectivity index (χ0v) is 16.9. The van der Waals surface area contributed by atoms with Crippen LogP contribution in [0.15, 0.2) is 28.9 Å². The van der Waals surface area contributed by atoms with Gasteiger partial charge in [0.25, 0.3) is 0 Å². The summed E-state index contributed by atoms with van der Waals surface area (Å²) in [5.41, 5.74) is 0.703. The second-order valence-electron chi connectivity index (χ2n) is 6.89. The molecule has 0 aliphatic heterocycles. The van der Waals surface area contributed by atoms with Crippen LogP contribution in [0.5, 0.6) is 11.5 Å². The number of rotatable bonds is 11. The molecule has 0 atom stereocenters. The molecule has 0 bridgehead atoms. The van der Waals surface area contributed by atoms with Gasteiger partial charge in [-0.05, 0) is 31.1 Å². The number of allylic oxidation sites excluding steroid dienone is 2. The van der Waals surface area contributed by atoms with Gasteiger partial charge in [-0.15, -0.1) is 0 Å². The van der Waals surface area contributed by atoms with E-state index in [9.17, 15) is 14.8 Å². The molecule has 28 heavy (non-hydrogen) atoms. The van der Waals surface area contributed by atoms with Crippen LogP contribution in [0.1, 0.15) is 79.0 Å². The fourth-order valence-corrected chi connectivity index (χ4v) is 3.48. The number of ketones is 2. The van der Waals surface area contributed by atoms with Crippen LogP contribution in [-0.2, 0) is 0 Å². The molecule has 0 radical (unpaired) electrons. The predicted molar refractivity (Wildman–Crippen MR) is 108 cm³/mol. The molecule has 0 amide bonds. The topological polar surface area (TPSA) is 85.2 Å². The third-order valence-electron chi connectivity index (χ3n) is 5.01. The van der Waals surface area contributed by atoms with Gasteiger partial charge in [0, 0.05) is 0 Å². The zero-order chi connectivity index (χ0) is 20.5. The first-order chi connectivity index (χ1) is 13.6. The number of hydrogen-bond donors (Lipinski definition) is 1. The number of ether oxygens (including phenoxy) is 2. The van der Waals surface area contributed by atoms with E-state index in [-0.39, 0.29) is 34.0 Å². The monoisotopic (exact) mass is 387 g/mol. The molecular weight excluding hydrogens is 358 g/mol. The SMILES string of the molecule is CCCCCCCCC/C(=N\O)C1=CC(=O)c2c(OC)ccc(OC)c2C1=O. The van der Waals surface area contributed by atoms with Gasteiger partial charge >= 0.3 is 0 Å². The molecule has 1 aromatic carbocycles. The molecular formula is C22H29NO5. The maximum atomic E-state index is 13.1. The average Bonchev–Trinajstić information content (AvgIpc) is 2.72. The van der Waals surface area contributed by atoms with Crippen molar-refractivity contribution in [3.8, 4) is 11.5 Å². The van der Waals surface area contributed by atoms with Crippen molar-refractivity contribution in [1.29, 1.82) is 0 Å². The Morgan fingerprint density at radius 2 is 1.50 bits per heavy atom. The molecule has 1 N–H and O–H groups in total. The molecule has 0 aromatic heterocycles. The molecule has 0 saturated carbocycles. The molecule has 1 aromatic rings. The number of unbranched alkanes of at least 4 members (excludes halogenated alkanes) is 6. The Kier molecular flexibility index (Phi) is 8.23. The number of benzene rings is 1. The molecule has 1 aliphatic rings. The van der Waals surface area contributed by atoms with E-state index >= 15 is 0 Å². The number of carbonyl (C=O) groups is 2. The second-order valence-corrected chi connectivity index (χ2v) is 6.89. The summed E-state index contributed by atoms with van der Waals surface area (Å²) in [5.74, 6) is -0.130. The predicted octanol–water partition coefficient (Wildman–Crippen LogP) is 4.98. The molecule has 0 saturated heterocycles. The first-order valence-electron chi connectivity index (χ1n) is 9.86. The van der Waals surface area contributed by atoms with Gasteiger partial charge in [-0.3, -0.25) is 9.59 Å². The summed E-state index contributed by atoms with van der Waals surface area (Å²) in [6.07, 6.45) is 9.45. The minimum absolute atomic E-state index is 0.123. The number of fused-ring (bicyclic) bond motifs is 1. The lowest BCUT2D eigenvalue weighted by molar-refractivity contribution is 0.0983. The van der Waals surface area contributed by atoms with Crippen molar-refractivity contribution in [2.24, 2.45) is 5.16 Å². The van der Waals surface area contributed by atoms with Gasteiger partial charge in [0.05, 0.1) is 36.6 Å². The fourth-order valence-electron chi connectivity index (χ4n) is 3.48. The van der Waals surface area contributed by atoms with Crippen LogP contribution in [-0.4, -0.2) is 36.7 Å². The van der Waals surface area contributed by atoms with Crippen molar-refractivity contribution < 1.29 is 24.3 Å². The smallest absolute Gasteiger partial charge is 0.199 e. The van der Waals surface area contributed by atoms with Gasteiger partial charge < -0.3 is 14.7 Å². The van der Waals surface area contributed by atoms with Crippen molar-refractivity contribution in [2.45, 2.75) is 58.3 Å². The Hall–Kier alpha value is -2.63. The summed E-state index contributed by atoms with van der Waals surface area (Å²) in [5, 5.41) is 12.8. The maximum absolute atomic E-state index is 13.1. The lowest BCUT2D eigenvalue weighted by Gasteiger charge is -2.20. The van der Waals surface area contributed by atoms with E-state index in [1.807, 2.05) is 0 Å². The van der Waals surface area contributed by atoms with E-state index in [0.29, 0.717) is 17.9 Å². The number of carbonyl (C=O) groups excluding carboxylic acids is 2. The van der Waals surface area contributed by atoms with E-state index in [2.05, 4.69) is 12.1 Å². The number of Topliss-reactive ketones (excluding diaryl/α,β-unsaturated/α-hetero) is 1. The van der Waals surface area contributed by atoms with Crippen LogP contribution in [0.4, 0.5) is 0 Å². The lowest BCUT2D eigenvalue weighted by atomic mass is 9.85. The Morgan fingerprint density at radius 3 is 2.07 bits per heavy atom. The summed E-state index contributed by atoms with van der Waals surface area (Å²) >= 11 is 0. The van der Waals surface area contributed by atoms with E-state index in [4.69, 9.17) is 9.47 Å². The van der Waals surface area contributed by atoms with Gasteiger partial charge in [0.1, 0.15) is 11.5 Å². The highest BCUT2D eigenvalue weighted by Gasteiger charge is 2.33. The maximum Gasteiger partial charge on any atom is 0.199 e. The van der Waals surface area contributed by atoms with Gasteiger partial charge in [-0.25, -0.2) is 0 Å². The van der Waals surface area contributed by atoms with Gasteiger partial charge in [-0.1, -0.05) is 50.6 Å². The molecule has 1 aliphatic carbocycles. The number of nitrogens with zero attached hydrogens (tertiary/aromatic N) is 1. The van der Waals surface area contributed by atoms with Crippen LogP contribution < -0.4 is 9.47 Å². The van der Waals surface area contributed by atoms with Gasteiger partial charge in [0.2, 0.25) is 0 Å². The summed E-state index contributed by atoms with van der Waals surface area (Å²) in [6.45, 7) is 2.18. The molecule has 2 rings (SSSR count). The molecule has 0 spiro atoms. The molecule has 0 heterocycles. The van der Waals surface area contributed by atoms with Crippen molar-refractivity contribution in [1.82, 2.24) is 0 Å². The summed E-state index contributed by atoms with van der Waals surface area (Å²) in [4.78, 5) is 25.8. The van der Waals surface area contributed by atoms with E-state index in [1.165, 1.54) is 46.0 Å². The third kappa shape index (κ3) is 4.80. The van der Waals surface area contributed by atoms with Crippen molar-refractivity contribution in [3.05, 3.63) is 34.9 Å². The largest absolute Gasteiger partial charge is 0.496 e. The Balaban J connectivity index is 2.15. The Labute approximate surface area is 166 Å². The van der Waals surface area contributed by atoms with E-state index < -0.39 is 0 Å². The van der Waals surface area contributed by atoms with Crippen molar-refractivity contribution >= 4 is 17.3 Å². The van der Waals surface area contributed by atoms with E-state index in [0.717, 1.165) is 19.3 Å². The minimum Gasteiger partial charge on any atom is -0.496 e. The van der Waals surface area contributed by atoms with E-state index in [1.54, 1.807) is 12.1 Å². The molecule has 0 fully saturated rings. The standard InChI is InChI=1S/C22H29NO5/c1-4-5-6-7-8-9-10-11-16(23-26)15-14-17(24)20-18(27-2)12-13-19(28-3)21(20)22(15)25/h12-14,26H,4-11H2,1-3H3/b23-16+. The Morgan fingerprint density at radius 1 is 0.929 bits per heavy atom. The van der Waals surface area contributed by atoms with Crippen molar-refractivity contribution in [3.63, 3.8) is 0 Å². The van der Waals surface area contributed by atoms with Gasteiger partial charge in [-0.2, -0.15) is 0 Å². The van der Waals surface area contributed by atoms with Crippen LogP contribution >= 0.6 is 0 Å². The molecule has 152 valence electrons. The normalized spacial score (nSPS) is 14.0. The third-order valence-corrected chi connectivity index (χ3v) is 5.01. The summed E-state index contributed by atoms with van der Waals surface area (Å²) in [7, 11) is 2.89.